The van der Waals surface area contributed by atoms with Crippen LogP contribution >= 0.6 is 0 Å². The van der Waals surface area contributed by atoms with Gasteiger partial charge in [0.05, 0.1) is 0 Å². The zero-order chi connectivity index (χ0) is 11.6. The van der Waals surface area contributed by atoms with Gasteiger partial charge in [-0.1, -0.05) is 12.8 Å². The summed E-state index contributed by atoms with van der Waals surface area (Å²) in [6.45, 7) is 2.26. The average Bonchev–Trinajstić information content (AvgIpc) is 2.34. The Bertz CT molecular complexity index is 191. The number of carbonyl (C=O) groups is 1. The minimum Gasteiger partial charge on any atom is -0.368 e. The van der Waals surface area contributed by atoms with Gasteiger partial charge in [-0.15, -0.1) is 0 Å². The largest absolute Gasteiger partial charge is 0.368 e. The molecule has 1 heterocycles. The van der Waals surface area contributed by atoms with Crippen molar-refractivity contribution in [2.24, 2.45) is 5.73 Å². The van der Waals surface area contributed by atoms with Gasteiger partial charge in [0.2, 0.25) is 5.91 Å². The first kappa shape index (κ1) is 13.5. The second-order valence-electron chi connectivity index (χ2n) is 4.35. The topological polar surface area (TPSA) is 64.3 Å². The molecule has 0 aromatic heterocycles. The van der Waals surface area contributed by atoms with Crippen molar-refractivity contribution in [2.45, 2.75) is 51.0 Å². The average molecular weight is 228 g/mol. The molecule has 0 spiro atoms. The van der Waals surface area contributed by atoms with Crippen molar-refractivity contribution in [3.63, 3.8) is 0 Å². The Balaban J connectivity index is 1.97. The van der Waals surface area contributed by atoms with Gasteiger partial charge >= 0.3 is 0 Å². The van der Waals surface area contributed by atoms with Gasteiger partial charge in [-0.25, -0.2) is 0 Å². The summed E-state index contributed by atoms with van der Waals surface area (Å²) in [5, 5.41) is 2.93. The van der Waals surface area contributed by atoms with Gasteiger partial charge in [-0.2, -0.15) is 0 Å². The van der Waals surface area contributed by atoms with Crippen LogP contribution < -0.4 is 11.1 Å². The van der Waals surface area contributed by atoms with E-state index in [1.54, 1.807) is 0 Å². The van der Waals surface area contributed by atoms with Gasteiger partial charge in [0, 0.05) is 13.2 Å². The molecule has 0 saturated carbocycles. The van der Waals surface area contributed by atoms with E-state index in [4.69, 9.17) is 10.5 Å². The third-order valence-electron chi connectivity index (χ3n) is 2.90. The minimum absolute atomic E-state index is 0.0681. The number of nitrogens with one attached hydrogen (secondary N) is 1. The van der Waals surface area contributed by atoms with E-state index in [1.807, 2.05) is 0 Å². The number of hydrogen-bond acceptors (Lipinski definition) is 3. The van der Waals surface area contributed by atoms with Crippen molar-refractivity contribution >= 4 is 5.91 Å². The van der Waals surface area contributed by atoms with E-state index < -0.39 is 0 Å². The van der Waals surface area contributed by atoms with Crippen molar-refractivity contribution in [3.8, 4) is 0 Å². The van der Waals surface area contributed by atoms with E-state index in [2.05, 4.69) is 5.32 Å². The SMILES string of the molecule is NCCCCCCNC(=O)C1CCCCO1. The summed E-state index contributed by atoms with van der Waals surface area (Å²) >= 11 is 0. The molecule has 3 N–H and O–H groups in total. The molecule has 1 rings (SSSR count). The van der Waals surface area contributed by atoms with E-state index in [-0.39, 0.29) is 12.0 Å². The first-order chi connectivity index (χ1) is 7.84. The third kappa shape index (κ3) is 5.47. The Morgan fingerprint density at radius 3 is 2.75 bits per heavy atom. The monoisotopic (exact) mass is 228 g/mol. The quantitative estimate of drug-likeness (QED) is 0.643. The highest BCUT2D eigenvalue weighted by molar-refractivity contribution is 5.80. The van der Waals surface area contributed by atoms with Gasteiger partial charge < -0.3 is 15.8 Å². The Kier molecular flexibility index (Phi) is 7.17. The van der Waals surface area contributed by atoms with Crippen molar-refractivity contribution in [1.82, 2.24) is 5.32 Å². The number of rotatable bonds is 7. The molecule has 0 aromatic rings. The molecule has 1 saturated heterocycles. The van der Waals surface area contributed by atoms with Crippen molar-refractivity contribution in [1.29, 1.82) is 0 Å². The molecule has 1 unspecified atom stereocenters. The number of unbranched alkanes of at least 4 members (excludes halogenated alkanes) is 3. The van der Waals surface area contributed by atoms with Crippen LogP contribution in [0.15, 0.2) is 0 Å². The highest BCUT2D eigenvalue weighted by atomic mass is 16.5. The Hall–Kier alpha value is -0.610. The highest BCUT2D eigenvalue weighted by Crippen LogP contribution is 2.12. The molecule has 94 valence electrons. The van der Waals surface area contributed by atoms with Crippen LogP contribution in [0.4, 0.5) is 0 Å². The second kappa shape index (κ2) is 8.53. The number of carbonyl (C=O) groups excluding carboxylic acids is 1. The standard InChI is InChI=1S/C12H24N2O2/c13-8-4-1-2-5-9-14-12(15)11-7-3-6-10-16-11/h11H,1-10,13H2,(H,14,15). The van der Waals surface area contributed by atoms with Crippen LogP contribution in [0.3, 0.4) is 0 Å². The van der Waals surface area contributed by atoms with Crippen LogP contribution in [0.1, 0.15) is 44.9 Å². The number of hydrogen-bond donors (Lipinski definition) is 2. The van der Waals surface area contributed by atoms with E-state index in [0.29, 0.717) is 0 Å². The van der Waals surface area contributed by atoms with Gasteiger partial charge in [0.25, 0.3) is 0 Å². The van der Waals surface area contributed by atoms with Gasteiger partial charge in [-0.05, 0) is 38.6 Å². The number of ether oxygens (including phenoxy) is 1. The maximum Gasteiger partial charge on any atom is 0.249 e. The summed E-state index contributed by atoms with van der Waals surface area (Å²) in [6, 6.07) is 0. The van der Waals surface area contributed by atoms with Crippen molar-refractivity contribution in [3.05, 3.63) is 0 Å². The Labute approximate surface area is 97.9 Å². The lowest BCUT2D eigenvalue weighted by molar-refractivity contribution is -0.135. The van der Waals surface area contributed by atoms with Crippen LogP contribution in [0.5, 0.6) is 0 Å². The molecule has 16 heavy (non-hydrogen) atoms. The first-order valence-electron chi connectivity index (χ1n) is 6.44. The van der Waals surface area contributed by atoms with Crippen molar-refractivity contribution in [2.75, 3.05) is 19.7 Å². The molecule has 0 aromatic carbocycles. The summed E-state index contributed by atoms with van der Waals surface area (Å²) < 4.78 is 5.41. The zero-order valence-corrected chi connectivity index (χ0v) is 10.0. The van der Waals surface area contributed by atoms with Crippen molar-refractivity contribution < 1.29 is 9.53 Å². The normalized spacial score (nSPS) is 20.7. The molecule has 4 heteroatoms. The molecule has 1 aliphatic heterocycles. The molecule has 1 aliphatic rings. The van der Waals surface area contributed by atoms with Crippen LogP contribution in [0, 0.1) is 0 Å². The van der Waals surface area contributed by atoms with E-state index in [9.17, 15) is 4.79 Å². The Morgan fingerprint density at radius 2 is 2.06 bits per heavy atom. The Morgan fingerprint density at radius 1 is 1.25 bits per heavy atom. The molecule has 0 aliphatic carbocycles. The van der Waals surface area contributed by atoms with E-state index in [0.717, 1.165) is 64.6 Å². The predicted octanol–water partition coefficient (Wildman–Crippen LogP) is 1.19. The summed E-state index contributed by atoms with van der Waals surface area (Å²) in [6.07, 6.45) is 7.29. The van der Waals surface area contributed by atoms with E-state index >= 15 is 0 Å². The van der Waals surface area contributed by atoms with Crippen LogP contribution in [-0.2, 0) is 9.53 Å². The molecular formula is C12H24N2O2. The minimum atomic E-state index is -0.196. The third-order valence-corrected chi connectivity index (χ3v) is 2.90. The van der Waals surface area contributed by atoms with Crippen LogP contribution in [-0.4, -0.2) is 31.7 Å². The lowest BCUT2D eigenvalue weighted by Gasteiger charge is -2.21. The van der Waals surface area contributed by atoms with Gasteiger partial charge in [-0.3, -0.25) is 4.79 Å². The summed E-state index contributed by atoms with van der Waals surface area (Å²) in [5.41, 5.74) is 5.40. The fraction of sp³-hybridized carbons (Fsp3) is 0.917. The molecular weight excluding hydrogens is 204 g/mol. The van der Waals surface area contributed by atoms with Crippen LogP contribution in [0.25, 0.3) is 0 Å². The number of amides is 1. The maximum atomic E-state index is 11.6. The number of nitrogens with two attached hydrogens (primary N) is 1. The van der Waals surface area contributed by atoms with Gasteiger partial charge in [0.15, 0.2) is 0 Å². The lowest BCUT2D eigenvalue weighted by atomic mass is 10.1. The van der Waals surface area contributed by atoms with Gasteiger partial charge in [0.1, 0.15) is 6.10 Å². The highest BCUT2D eigenvalue weighted by Gasteiger charge is 2.20. The molecule has 0 bridgehead atoms. The smallest absolute Gasteiger partial charge is 0.249 e. The predicted molar refractivity (Wildman–Crippen MR) is 64.1 cm³/mol. The summed E-state index contributed by atoms with van der Waals surface area (Å²) in [5.74, 6) is 0.0681. The summed E-state index contributed by atoms with van der Waals surface area (Å²) in [7, 11) is 0. The fourth-order valence-electron chi connectivity index (χ4n) is 1.90. The molecule has 0 radical (unpaired) electrons. The van der Waals surface area contributed by atoms with Crippen LogP contribution in [0.2, 0.25) is 0 Å². The molecule has 4 nitrogen and oxygen atoms in total. The maximum absolute atomic E-state index is 11.6. The molecule has 1 fully saturated rings. The zero-order valence-electron chi connectivity index (χ0n) is 10.0. The molecule has 1 amide bonds. The molecule has 1 atom stereocenters. The lowest BCUT2D eigenvalue weighted by Crippen LogP contribution is -2.38. The second-order valence-corrected chi connectivity index (χ2v) is 4.35. The first-order valence-corrected chi connectivity index (χ1v) is 6.44. The fourth-order valence-corrected chi connectivity index (χ4v) is 1.90. The summed E-state index contributed by atoms with van der Waals surface area (Å²) in [4.78, 5) is 11.6. The van der Waals surface area contributed by atoms with E-state index in [1.165, 1.54) is 0 Å².